The van der Waals surface area contributed by atoms with Gasteiger partial charge in [0.1, 0.15) is 5.78 Å². The number of carbonyl (C=O) groups is 1. The predicted octanol–water partition coefficient (Wildman–Crippen LogP) is 9.48. The van der Waals surface area contributed by atoms with Crippen LogP contribution in [-0.4, -0.2) is 5.78 Å². The molecule has 3 aliphatic rings. The molecule has 32 heavy (non-hydrogen) atoms. The van der Waals surface area contributed by atoms with E-state index in [0.717, 1.165) is 42.9 Å². The van der Waals surface area contributed by atoms with E-state index in [1.165, 1.54) is 57.8 Å². The van der Waals surface area contributed by atoms with Crippen LogP contribution in [0.3, 0.4) is 0 Å². The van der Waals surface area contributed by atoms with E-state index in [1.54, 1.807) is 0 Å². The van der Waals surface area contributed by atoms with Gasteiger partial charge in [0.05, 0.1) is 0 Å². The third kappa shape index (κ3) is 5.17. The molecule has 1 heteroatoms. The van der Waals surface area contributed by atoms with E-state index in [1.807, 2.05) is 0 Å². The quantitative estimate of drug-likeness (QED) is 0.423. The van der Waals surface area contributed by atoms with Crippen molar-refractivity contribution in [3.63, 3.8) is 0 Å². The molecular formula is C31H56O. The summed E-state index contributed by atoms with van der Waals surface area (Å²) in [5.41, 5.74) is 1.29. The summed E-state index contributed by atoms with van der Waals surface area (Å²) < 4.78 is 0. The summed E-state index contributed by atoms with van der Waals surface area (Å²) >= 11 is 0. The number of Topliss-reactive ketones (excluding diaryl/α,β-unsaturated/α-hetero) is 1. The first kappa shape index (κ1) is 26.3. The lowest BCUT2D eigenvalue weighted by molar-refractivity contribution is -0.134. The van der Waals surface area contributed by atoms with Crippen LogP contribution in [0, 0.1) is 51.2 Å². The summed E-state index contributed by atoms with van der Waals surface area (Å²) in [6.45, 7) is 22.4. The van der Waals surface area contributed by atoms with Crippen LogP contribution in [0.2, 0.25) is 0 Å². The molecular weight excluding hydrogens is 388 g/mol. The first-order chi connectivity index (χ1) is 14.7. The molecule has 0 amide bonds. The number of fused-ring (bicyclic) bond motifs is 1. The highest BCUT2D eigenvalue weighted by atomic mass is 16.1. The van der Waals surface area contributed by atoms with Crippen molar-refractivity contribution < 1.29 is 4.79 Å². The van der Waals surface area contributed by atoms with Gasteiger partial charge in [0, 0.05) is 11.8 Å². The standard InChI is InChI=1S/C31H56O/c1-10-11-25-22(2)14-16-30(8)19-18-28(4,5)21-26(30)23(3)15-17-31(25,9)24-12-13-27(32)29(6,7)20-24/h22-26H,10-21H2,1-9H3. The van der Waals surface area contributed by atoms with E-state index in [0.29, 0.717) is 27.9 Å². The third-order valence-corrected chi connectivity index (χ3v) is 11.3. The molecule has 0 aliphatic heterocycles. The highest BCUT2D eigenvalue weighted by molar-refractivity contribution is 5.84. The van der Waals surface area contributed by atoms with Crippen molar-refractivity contribution >= 4 is 5.78 Å². The SMILES string of the molecule is CCCC1C(C)CCC2(C)CCC(C)(C)CC2C(C)CCC1(C)C1CCC(=O)C(C)(C)C1. The predicted molar refractivity (Wildman–Crippen MR) is 139 cm³/mol. The van der Waals surface area contributed by atoms with Gasteiger partial charge in [-0.3, -0.25) is 4.79 Å². The van der Waals surface area contributed by atoms with Crippen LogP contribution < -0.4 is 0 Å². The smallest absolute Gasteiger partial charge is 0.138 e. The van der Waals surface area contributed by atoms with Crippen molar-refractivity contribution in [3.05, 3.63) is 0 Å². The number of carbonyl (C=O) groups excluding carboxylic acids is 1. The molecule has 3 fully saturated rings. The van der Waals surface area contributed by atoms with Gasteiger partial charge >= 0.3 is 0 Å². The van der Waals surface area contributed by atoms with Crippen LogP contribution in [0.1, 0.15) is 139 Å². The summed E-state index contributed by atoms with van der Waals surface area (Å²) in [5.74, 6) is 4.49. The van der Waals surface area contributed by atoms with Crippen LogP contribution in [-0.2, 0) is 4.79 Å². The molecule has 0 heterocycles. The van der Waals surface area contributed by atoms with Gasteiger partial charge in [-0.25, -0.2) is 0 Å². The third-order valence-electron chi connectivity index (χ3n) is 11.3. The topological polar surface area (TPSA) is 17.1 Å². The van der Waals surface area contributed by atoms with Gasteiger partial charge < -0.3 is 0 Å². The van der Waals surface area contributed by atoms with Crippen LogP contribution in [0.15, 0.2) is 0 Å². The Bertz CT molecular complexity index is 659. The van der Waals surface area contributed by atoms with E-state index < -0.39 is 0 Å². The van der Waals surface area contributed by atoms with Crippen molar-refractivity contribution in [3.8, 4) is 0 Å². The lowest BCUT2D eigenvalue weighted by Gasteiger charge is -2.55. The second-order valence-electron chi connectivity index (χ2n) is 14.8. The number of ketones is 1. The number of hydrogen-bond donors (Lipinski definition) is 0. The number of hydrogen-bond acceptors (Lipinski definition) is 1. The van der Waals surface area contributed by atoms with Gasteiger partial charge in [-0.1, -0.05) is 68.7 Å². The zero-order valence-corrected chi connectivity index (χ0v) is 23.3. The Balaban J connectivity index is 1.93. The molecule has 1 nitrogen and oxygen atoms in total. The maximum absolute atomic E-state index is 12.6. The van der Waals surface area contributed by atoms with Gasteiger partial charge in [-0.2, -0.15) is 0 Å². The van der Waals surface area contributed by atoms with E-state index in [9.17, 15) is 4.79 Å². The molecule has 0 saturated heterocycles. The van der Waals surface area contributed by atoms with Crippen molar-refractivity contribution in [2.24, 2.45) is 51.2 Å². The molecule has 3 aliphatic carbocycles. The van der Waals surface area contributed by atoms with Crippen LogP contribution in [0.4, 0.5) is 0 Å². The molecule has 0 radical (unpaired) electrons. The second kappa shape index (κ2) is 9.37. The summed E-state index contributed by atoms with van der Waals surface area (Å²) in [7, 11) is 0. The molecule has 0 aromatic heterocycles. The minimum Gasteiger partial charge on any atom is -0.299 e. The number of rotatable bonds is 3. The fraction of sp³-hybridized carbons (Fsp3) is 0.968. The van der Waals surface area contributed by atoms with Crippen LogP contribution >= 0.6 is 0 Å². The van der Waals surface area contributed by atoms with Crippen molar-refractivity contribution in [1.82, 2.24) is 0 Å². The summed E-state index contributed by atoms with van der Waals surface area (Å²) in [4.78, 5) is 12.6. The van der Waals surface area contributed by atoms with E-state index >= 15 is 0 Å². The van der Waals surface area contributed by atoms with E-state index in [-0.39, 0.29) is 5.41 Å². The molecule has 0 aromatic rings. The van der Waals surface area contributed by atoms with Crippen molar-refractivity contribution in [2.75, 3.05) is 0 Å². The molecule has 7 atom stereocenters. The average Bonchev–Trinajstić information content (AvgIpc) is 2.71. The van der Waals surface area contributed by atoms with Gasteiger partial charge in [0.15, 0.2) is 0 Å². The first-order valence-corrected chi connectivity index (χ1v) is 14.3. The first-order valence-electron chi connectivity index (χ1n) is 14.3. The molecule has 0 spiro atoms. The highest BCUT2D eigenvalue weighted by Crippen LogP contribution is 2.59. The minimum absolute atomic E-state index is 0.126. The average molecular weight is 445 g/mol. The van der Waals surface area contributed by atoms with Gasteiger partial charge in [-0.15, -0.1) is 0 Å². The van der Waals surface area contributed by atoms with Crippen LogP contribution in [0.25, 0.3) is 0 Å². The van der Waals surface area contributed by atoms with Crippen molar-refractivity contribution in [2.45, 2.75) is 139 Å². The van der Waals surface area contributed by atoms with Gasteiger partial charge in [0.25, 0.3) is 0 Å². The molecule has 0 N–H and O–H groups in total. The van der Waals surface area contributed by atoms with Crippen LogP contribution in [0.5, 0.6) is 0 Å². The largest absolute Gasteiger partial charge is 0.299 e. The maximum atomic E-state index is 12.6. The molecule has 186 valence electrons. The zero-order chi connectivity index (χ0) is 23.9. The van der Waals surface area contributed by atoms with Gasteiger partial charge in [0.2, 0.25) is 0 Å². The van der Waals surface area contributed by atoms with E-state index in [2.05, 4.69) is 62.3 Å². The monoisotopic (exact) mass is 444 g/mol. The Morgan fingerprint density at radius 3 is 2.09 bits per heavy atom. The van der Waals surface area contributed by atoms with Gasteiger partial charge in [-0.05, 0) is 110 Å². The summed E-state index contributed by atoms with van der Waals surface area (Å²) in [6.07, 6.45) is 15.5. The Morgan fingerprint density at radius 1 is 0.812 bits per heavy atom. The van der Waals surface area contributed by atoms with Crippen molar-refractivity contribution in [1.29, 1.82) is 0 Å². The maximum Gasteiger partial charge on any atom is 0.138 e. The molecule has 3 rings (SSSR count). The second-order valence-corrected chi connectivity index (χ2v) is 14.8. The molecule has 7 unspecified atom stereocenters. The highest BCUT2D eigenvalue weighted by Gasteiger charge is 2.51. The minimum atomic E-state index is -0.126. The molecule has 0 aromatic carbocycles. The Morgan fingerprint density at radius 2 is 1.47 bits per heavy atom. The summed E-state index contributed by atoms with van der Waals surface area (Å²) in [6, 6.07) is 0. The Labute approximate surface area is 201 Å². The zero-order valence-electron chi connectivity index (χ0n) is 23.3. The fourth-order valence-corrected chi connectivity index (χ4v) is 8.76. The lowest BCUT2D eigenvalue weighted by Crippen LogP contribution is -2.47. The lowest BCUT2D eigenvalue weighted by atomic mass is 9.50. The normalized spacial score (nSPS) is 45.2. The molecule has 0 bridgehead atoms. The Kier molecular flexibility index (Phi) is 7.70. The Hall–Kier alpha value is -0.330. The fourth-order valence-electron chi connectivity index (χ4n) is 8.76. The van der Waals surface area contributed by atoms with E-state index in [4.69, 9.17) is 0 Å². The summed E-state index contributed by atoms with van der Waals surface area (Å²) in [5, 5.41) is 0. The molecule has 3 saturated carbocycles.